The minimum atomic E-state index is -3.10. The van der Waals surface area contributed by atoms with Crippen molar-refractivity contribution >= 4 is 15.5 Å². The van der Waals surface area contributed by atoms with Gasteiger partial charge in [-0.1, -0.05) is 32.6 Å². The summed E-state index contributed by atoms with van der Waals surface area (Å²) in [6, 6.07) is 7.71. The van der Waals surface area contributed by atoms with Crippen molar-refractivity contribution in [3.63, 3.8) is 0 Å². The van der Waals surface area contributed by atoms with Crippen molar-refractivity contribution in [1.82, 2.24) is 5.32 Å². The largest absolute Gasteiger partial charge is 0.384 e. The number of nitrogens with one attached hydrogen (secondary N) is 2. The summed E-state index contributed by atoms with van der Waals surface area (Å²) in [6.45, 7) is 3.47. The van der Waals surface area contributed by atoms with Crippen molar-refractivity contribution in [2.75, 3.05) is 24.2 Å². The average Bonchev–Trinajstić information content (AvgIpc) is 2.81. The van der Waals surface area contributed by atoms with E-state index in [4.69, 9.17) is 0 Å². The summed E-state index contributed by atoms with van der Waals surface area (Å²) in [6.07, 6.45) is 8.04. The zero-order valence-corrected chi connectivity index (χ0v) is 14.3. The van der Waals surface area contributed by atoms with Crippen LogP contribution < -0.4 is 10.6 Å². The molecule has 0 heterocycles. The van der Waals surface area contributed by atoms with Crippen LogP contribution in [-0.2, 0) is 9.84 Å². The summed E-state index contributed by atoms with van der Waals surface area (Å²) < 4.78 is 23.5. The molecule has 0 radical (unpaired) electrons. The van der Waals surface area contributed by atoms with Crippen LogP contribution in [0.5, 0.6) is 0 Å². The molecule has 1 aromatic carbocycles. The molecule has 4 nitrogen and oxygen atoms in total. The minimum absolute atomic E-state index is 0.144. The van der Waals surface area contributed by atoms with Gasteiger partial charge in [0, 0.05) is 24.8 Å². The van der Waals surface area contributed by atoms with E-state index >= 15 is 0 Å². The molecule has 1 saturated carbocycles. The number of hydrogen-bond acceptors (Lipinski definition) is 4. The number of rotatable bonds is 7. The van der Waals surface area contributed by atoms with Gasteiger partial charge in [-0.05, 0) is 37.1 Å². The third kappa shape index (κ3) is 5.29. The number of sulfone groups is 1. The van der Waals surface area contributed by atoms with Gasteiger partial charge in [0.05, 0.1) is 10.6 Å². The second kappa shape index (κ2) is 8.53. The van der Waals surface area contributed by atoms with Crippen molar-refractivity contribution in [2.24, 2.45) is 0 Å². The standard InChI is InChI=1S/C17H28N2O2S/c1-2-22(20,21)17-11-9-16(10-12-17)19-14-13-18-15-7-5-3-4-6-8-15/h9-12,15,18-19H,2-8,13-14H2,1H3. The minimum Gasteiger partial charge on any atom is -0.384 e. The highest BCUT2D eigenvalue weighted by Crippen LogP contribution is 2.17. The maximum atomic E-state index is 11.7. The van der Waals surface area contributed by atoms with Gasteiger partial charge in [0.1, 0.15) is 0 Å². The van der Waals surface area contributed by atoms with E-state index in [-0.39, 0.29) is 5.75 Å². The third-order valence-corrected chi connectivity index (χ3v) is 6.09. The van der Waals surface area contributed by atoms with E-state index in [9.17, 15) is 8.42 Å². The number of benzene rings is 1. The summed E-state index contributed by atoms with van der Waals surface area (Å²) >= 11 is 0. The van der Waals surface area contributed by atoms with Crippen LogP contribution >= 0.6 is 0 Å². The monoisotopic (exact) mass is 324 g/mol. The van der Waals surface area contributed by atoms with Gasteiger partial charge < -0.3 is 10.6 Å². The second-order valence-corrected chi connectivity index (χ2v) is 8.28. The lowest BCUT2D eigenvalue weighted by Crippen LogP contribution is -2.32. The molecule has 5 heteroatoms. The fourth-order valence-electron chi connectivity index (χ4n) is 2.91. The summed E-state index contributed by atoms with van der Waals surface area (Å²) in [5, 5.41) is 6.96. The van der Waals surface area contributed by atoms with Crippen molar-refractivity contribution in [3.05, 3.63) is 24.3 Å². The van der Waals surface area contributed by atoms with Gasteiger partial charge in [-0.3, -0.25) is 0 Å². The van der Waals surface area contributed by atoms with Crippen molar-refractivity contribution in [1.29, 1.82) is 0 Å². The lowest BCUT2D eigenvalue weighted by atomic mass is 10.1. The Balaban J connectivity index is 1.73. The molecule has 0 atom stereocenters. The Morgan fingerprint density at radius 2 is 1.64 bits per heavy atom. The average molecular weight is 324 g/mol. The highest BCUT2D eigenvalue weighted by atomic mass is 32.2. The Kier molecular flexibility index (Phi) is 6.70. The first-order chi connectivity index (χ1) is 10.6. The predicted molar refractivity (Wildman–Crippen MR) is 92.2 cm³/mol. The van der Waals surface area contributed by atoms with Gasteiger partial charge in [-0.2, -0.15) is 0 Å². The normalized spacial score (nSPS) is 17.1. The maximum Gasteiger partial charge on any atom is 0.178 e. The molecule has 1 aromatic rings. The highest BCUT2D eigenvalue weighted by molar-refractivity contribution is 7.91. The summed E-state index contributed by atoms with van der Waals surface area (Å²) in [7, 11) is -3.10. The zero-order chi connectivity index (χ0) is 15.8. The predicted octanol–water partition coefficient (Wildman–Crippen LogP) is 3.20. The Morgan fingerprint density at radius 3 is 2.23 bits per heavy atom. The molecule has 22 heavy (non-hydrogen) atoms. The zero-order valence-electron chi connectivity index (χ0n) is 13.5. The van der Waals surface area contributed by atoms with Gasteiger partial charge in [0.2, 0.25) is 0 Å². The fourth-order valence-corrected chi connectivity index (χ4v) is 3.80. The van der Waals surface area contributed by atoms with Crippen molar-refractivity contribution in [3.8, 4) is 0 Å². The van der Waals surface area contributed by atoms with E-state index in [1.807, 2.05) is 12.1 Å². The number of hydrogen-bond donors (Lipinski definition) is 2. The van der Waals surface area contributed by atoms with E-state index in [0.717, 1.165) is 18.8 Å². The second-order valence-electron chi connectivity index (χ2n) is 6.00. The third-order valence-electron chi connectivity index (χ3n) is 4.34. The molecule has 0 saturated heterocycles. The van der Waals surface area contributed by atoms with Crippen LogP contribution in [0.4, 0.5) is 5.69 Å². The molecule has 0 unspecified atom stereocenters. The van der Waals surface area contributed by atoms with E-state index in [1.54, 1.807) is 19.1 Å². The molecule has 0 aromatic heterocycles. The van der Waals surface area contributed by atoms with Gasteiger partial charge in [-0.25, -0.2) is 8.42 Å². The highest BCUT2D eigenvalue weighted by Gasteiger charge is 2.11. The first-order valence-corrected chi connectivity index (χ1v) is 10.1. The van der Waals surface area contributed by atoms with Crippen LogP contribution in [0.2, 0.25) is 0 Å². The van der Waals surface area contributed by atoms with Gasteiger partial charge in [-0.15, -0.1) is 0 Å². The van der Waals surface area contributed by atoms with E-state index in [1.165, 1.54) is 38.5 Å². The lowest BCUT2D eigenvalue weighted by Gasteiger charge is -2.16. The van der Waals surface area contributed by atoms with E-state index in [0.29, 0.717) is 10.9 Å². The van der Waals surface area contributed by atoms with Gasteiger partial charge in [0.15, 0.2) is 9.84 Å². The molecule has 0 spiro atoms. The van der Waals surface area contributed by atoms with Crippen LogP contribution in [0.3, 0.4) is 0 Å². The van der Waals surface area contributed by atoms with Gasteiger partial charge in [0.25, 0.3) is 0 Å². The molecule has 1 fully saturated rings. The maximum absolute atomic E-state index is 11.7. The van der Waals surface area contributed by atoms with E-state index in [2.05, 4.69) is 10.6 Å². The summed E-state index contributed by atoms with van der Waals surface area (Å²) in [5.74, 6) is 0.144. The fraction of sp³-hybridized carbons (Fsp3) is 0.647. The van der Waals surface area contributed by atoms with Crippen LogP contribution in [0.15, 0.2) is 29.2 Å². The molecule has 0 aliphatic heterocycles. The Bertz CT molecular complexity index is 532. The number of anilines is 1. The van der Waals surface area contributed by atoms with E-state index < -0.39 is 9.84 Å². The SMILES string of the molecule is CCS(=O)(=O)c1ccc(NCCNC2CCCCCC2)cc1. The van der Waals surface area contributed by atoms with Crippen LogP contribution in [-0.4, -0.2) is 33.3 Å². The molecular formula is C17H28N2O2S. The molecule has 124 valence electrons. The molecule has 0 bridgehead atoms. The van der Waals surface area contributed by atoms with Crippen molar-refractivity contribution in [2.45, 2.75) is 56.4 Å². The molecule has 2 N–H and O–H groups in total. The van der Waals surface area contributed by atoms with Gasteiger partial charge >= 0.3 is 0 Å². The quantitative estimate of drug-likeness (QED) is 0.597. The van der Waals surface area contributed by atoms with Crippen LogP contribution in [0.25, 0.3) is 0 Å². The Morgan fingerprint density at radius 1 is 1.00 bits per heavy atom. The Labute approximate surface area is 134 Å². The molecular weight excluding hydrogens is 296 g/mol. The van der Waals surface area contributed by atoms with Crippen LogP contribution in [0.1, 0.15) is 45.4 Å². The van der Waals surface area contributed by atoms with Crippen LogP contribution in [0, 0.1) is 0 Å². The summed E-state index contributed by atoms with van der Waals surface area (Å²) in [4.78, 5) is 0.400. The molecule has 1 aliphatic carbocycles. The molecule has 2 rings (SSSR count). The first kappa shape index (κ1) is 17.3. The Hall–Kier alpha value is -1.07. The first-order valence-electron chi connectivity index (χ1n) is 8.42. The molecule has 1 aliphatic rings. The summed E-state index contributed by atoms with van der Waals surface area (Å²) in [5.41, 5.74) is 0.970. The molecule has 0 amide bonds. The smallest absolute Gasteiger partial charge is 0.178 e. The topological polar surface area (TPSA) is 58.2 Å². The lowest BCUT2D eigenvalue weighted by molar-refractivity contribution is 0.468. The van der Waals surface area contributed by atoms with Crippen molar-refractivity contribution < 1.29 is 8.42 Å².